The Morgan fingerprint density at radius 1 is 1.19 bits per heavy atom. The average molecular weight is 212 g/mol. The summed E-state index contributed by atoms with van der Waals surface area (Å²) < 4.78 is 5.58. The summed E-state index contributed by atoms with van der Waals surface area (Å²) in [5.41, 5.74) is 0.592. The molecule has 0 amide bonds. The number of aromatic nitrogens is 2. The van der Waals surface area contributed by atoms with Crippen LogP contribution in [-0.2, 0) is 0 Å². The van der Waals surface area contributed by atoms with E-state index in [1.165, 1.54) is 12.3 Å². The van der Waals surface area contributed by atoms with Crippen molar-refractivity contribution in [3.05, 3.63) is 52.9 Å². The van der Waals surface area contributed by atoms with Gasteiger partial charge in [-0.2, -0.15) is 0 Å². The lowest BCUT2D eigenvalue weighted by Crippen LogP contribution is -2.05. The molecule has 0 saturated carbocycles. The SMILES string of the molecule is O=c1ccnc(-c2cc3ccccc3o2)[nH]1. The third-order valence-electron chi connectivity index (χ3n) is 2.33. The van der Waals surface area contributed by atoms with Crippen molar-refractivity contribution < 1.29 is 4.42 Å². The predicted octanol–water partition coefficient (Wildman–Crippen LogP) is 2.18. The van der Waals surface area contributed by atoms with Gasteiger partial charge in [-0.15, -0.1) is 0 Å². The van der Waals surface area contributed by atoms with Gasteiger partial charge in [0.15, 0.2) is 11.6 Å². The minimum Gasteiger partial charge on any atom is -0.453 e. The van der Waals surface area contributed by atoms with E-state index in [1.54, 1.807) is 0 Å². The molecule has 2 heterocycles. The molecule has 0 bridgehead atoms. The molecule has 1 aromatic carbocycles. The second-order valence-electron chi connectivity index (χ2n) is 3.43. The van der Waals surface area contributed by atoms with Crippen molar-refractivity contribution in [3.63, 3.8) is 0 Å². The highest BCUT2D eigenvalue weighted by atomic mass is 16.3. The molecular formula is C12H8N2O2. The van der Waals surface area contributed by atoms with Gasteiger partial charge < -0.3 is 9.40 Å². The number of nitrogens with zero attached hydrogens (tertiary/aromatic N) is 1. The van der Waals surface area contributed by atoms with E-state index in [1.807, 2.05) is 30.3 Å². The fourth-order valence-electron chi connectivity index (χ4n) is 1.59. The van der Waals surface area contributed by atoms with E-state index in [0.29, 0.717) is 11.6 Å². The topological polar surface area (TPSA) is 58.9 Å². The summed E-state index contributed by atoms with van der Waals surface area (Å²) in [5, 5.41) is 0.990. The molecule has 16 heavy (non-hydrogen) atoms. The summed E-state index contributed by atoms with van der Waals surface area (Å²) >= 11 is 0. The number of para-hydroxylation sites is 1. The minimum absolute atomic E-state index is 0.189. The number of H-pyrrole nitrogens is 1. The molecule has 0 radical (unpaired) electrons. The first kappa shape index (κ1) is 8.91. The third kappa shape index (κ3) is 1.40. The fourth-order valence-corrected chi connectivity index (χ4v) is 1.59. The molecule has 4 heteroatoms. The molecule has 0 aliphatic carbocycles. The minimum atomic E-state index is -0.189. The van der Waals surface area contributed by atoms with Gasteiger partial charge >= 0.3 is 0 Å². The second kappa shape index (κ2) is 3.34. The first-order valence-electron chi connectivity index (χ1n) is 4.87. The van der Waals surface area contributed by atoms with Crippen LogP contribution in [0.3, 0.4) is 0 Å². The Labute approximate surface area is 90.6 Å². The van der Waals surface area contributed by atoms with Crippen molar-refractivity contribution in [2.75, 3.05) is 0 Å². The molecule has 0 saturated heterocycles. The first-order chi connectivity index (χ1) is 7.83. The van der Waals surface area contributed by atoms with Crippen molar-refractivity contribution in [2.24, 2.45) is 0 Å². The van der Waals surface area contributed by atoms with Gasteiger partial charge in [-0.25, -0.2) is 4.98 Å². The van der Waals surface area contributed by atoms with E-state index < -0.39 is 0 Å². The van der Waals surface area contributed by atoms with Gasteiger partial charge in [0, 0.05) is 17.6 Å². The van der Waals surface area contributed by atoms with Crippen LogP contribution in [0.15, 0.2) is 51.8 Å². The number of nitrogens with one attached hydrogen (secondary N) is 1. The number of fused-ring (bicyclic) bond motifs is 1. The Morgan fingerprint density at radius 2 is 2.06 bits per heavy atom. The lowest BCUT2D eigenvalue weighted by molar-refractivity contribution is 0.624. The Hall–Kier alpha value is -2.36. The van der Waals surface area contributed by atoms with Gasteiger partial charge in [-0.3, -0.25) is 4.79 Å². The molecule has 3 aromatic rings. The van der Waals surface area contributed by atoms with Gasteiger partial charge in [0.25, 0.3) is 5.56 Å². The molecule has 0 atom stereocenters. The Kier molecular flexibility index (Phi) is 1.86. The fraction of sp³-hybridized carbons (Fsp3) is 0. The summed E-state index contributed by atoms with van der Waals surface area (Å²) in [6.45, 7) is 0. The Morgan fingerprint density at radius 3 is 2.88 bits per heavy atom. The van der Waals surface area contributed by atoms with Crippen LogP contribution >= 0.6 is 0 Å². The molecule has 0 aliphatic rings. The van der Waals surface area contributed by atoms with Crippen LogP contribution in [0, 0.1) is 0 Å². The van der Waals surface area contributed by atoms with Crippen molar-refractivity contribution >= 4 is 11.0 Å². The average Bonchev–Trinajstić information content (AvgIpc) is 2.72. The number of hydrogen-bond acceptors (Lipinski definition) is 3. The van der Waals surface area contributed by atoms with E-state index in [9.17, 15) is 4.79 Å². The highest BCUT2D eigenvalue weighted by Gasteiger charge is 2.06. The van der Waals surface area contributed by atoms with Gasteiger partial charge in [0.2, 0.25) is 0 Å². The summed E-state index contributed by atoms with van der Waals surface area (Å²) in [5.74, 6) is 1.02. The van der Waals surface area contributed by atoms with Crippen LogP contribution < -0.4 is 5.56 Å². The molecule has 0 fully saturated rings. The highest BCUT2D eigenvalue weighted by molar-refractivity contribution is 5.81. The number of rotatable bonds is 1. The molecule has 0 aliphatic heterocycles. The van der Waals surface area contributed by atoms with Crippen LogP contribution in [0.4, 0.5) is 0 Å². The third-order valence-corrected chi connectivity index (χ3v) is 2.33. The van der Waals surface area contributed by atoms with Gasteiger partial charge in [0.05, 0.1) is 0 Å². The van der Waals surface area contributed by atoms with Gasteiger partial charge in [0.1, 0.15) is 5.58 Å². The normalized spacial score (nSPS) is 10.8. The van der Waals surface area contributed by atoms with E-state index >= 15 is 0 Å². The van der Waals surface area contributed by atoms with Crippen LogP contribution in [0.1, 0.15) is 0 Å². The lowest BCUT2D eigenvalue weighted by atomic mass is 10.2. The van der Waals surface area contributed by atoms with Crippen molar-refractivity contribution in [3.8, 4) is 11.6 Å². The predicted molar refractivity (Wildman–Crippen MR) is 60.1 cm³/mol. The zero-order valence-corrected chi connectivity index (χ0v) is 8.31. The van der Waals surface area contributed by atoms with E-state index in [4.69, 9.17) is 4.42 Å². The smallest absolute Gasteiger partial charge is 0.251 e. The van der Waals surface area contributed by atoms with Crippen LogP contribution in [0.5, 0.6) is 0 Å². The maximum atomic E-state index is 11.1. The van der Waals surface area contributed by atoms with Gasteiger partial charge in [-0.1, -0.05) is 18.2 Å². The zero-order chi connectivity index (χ0) is 11.0. The molecule has 3 rings (SSSR count). The van der Waals surface area contributed by atoms with E-state index in [-0.39, 0.29) is 5.56 Å². The number of benzene rings is 1. The molecule has 0 unspecified atom stereocenters. The quantitative estimate of drug-likeness (QED) is 0.672. The molecule has 2 aromatic heterocycles. The van der Waals surface area contributed by atoms with Crippen LogP contribution in [0.25, 0.3) is 22.6 Å². The Balaban J connectivity index is 2.23. The van der Waals surface area contributed by atoms with Crippen LogP contribution in [0.2, 0.25) is 0 Å². The largest absolute Gasteiger partial charge is 0.453 e. The Bertz CT molecular complexity index is 664. The molecule has 78 valence electrons. The lowest BCUT2D eigenvalue weighted by Gasteiger charge is -1.92. The van der Waals surface area contributed by atoms with E-state index in [2.05, 4.69) is 9.97 Å². The summed E-state index contributed by atoms with van der Waals surface area (Å²) in [4.78, 5) is 17.8. The van der Waals surface area contributed by atoms with E-state index in [0.717, 1.165) is 11.0 Å². The maximum absolute atomic E-state index is 11.1. The number of aromatic amines is 1. The summed E-state index contributed by atoms with van der Waals surface area (Å²) in [6, 6.07) is 10.9. The molecule has 4 nitrogen and oxygen atoms in total. The molecular weight excluding hydrogens is 204 g/mol. The van der Waals surface area contributed by atoms with Crippen molar-refractivity contribution in [1.29, 1.82) is 0 Å². The highest BCUT2D eigenvalue weighted by Crippen LogP contribution is 2.24. The van der Waals surface area contributed by atoms with Crippen molar-refractivity contribution in [2.45, 2.75) is 0 Å². The standard InChI is InChI=1S/C12H8N2O2/c15-11-5-6-13-12(14-11)10-7-8-3-1-2-4-9(8)16-10/h1-7H,(H,13,14,15). The summed E-state index contributed by atoms with van der Waals surface area (Å²) in [7, 11) is 0. The number of furan rings is 1. The zero-order valence-electron chi connectivity index (χ0n) is 8.31. The molecule has 1 N–H and O–H groups in total. The molecule has 0 spiro atoms. The van der Waals surface area contributed by atoms with Gasteiger partial charge in [-0.05, 0) is 12.1 Å². The first-order valence-corrected chi connectivity index (χ1v) is 4.87. The van der Waals surface area contributed by atoms with Crippen LogP contribution in [-0.4, -0.2) is 9.97 Å². The number of hydrogen-bond donors (Lipinski definition) is 1. The van der Waals surface area contributed by atoms with Crippen molar-refractivity contribution in [1.82, 2.24) is 9.97 Å². The summed E-state index contributed by atoms with van der Waals surface area (Å²) in [6.07, 6.45) is 1.46. The second-order valence-corrected chi connectivity index (χ2v) is 3.43. The maximum Gasteiger partial charge on any atom is 0.251 e. The monoisotopic (exact) mass is 212 g/mol.